The van der Waals surface area contributed by atoms with Crippen molar-refractivity contribution in [2.45, 2.75) is 26.3 Å². The molecule has 2 nitrogen and oxygen atoms in total. The van der Waals surface area contributed by atoms with Crippen LogP contribution in [0.15, 0.2) is 18.2 Å². The van der Waals surface area contributed by atoms with Gasteiger partial charge in [0, 0.05) is 24.9 Å². The summed E-state index contributed by atoms with van der Waals surface area (Å²) in [4.78, 5) is 2.57. The van der Waals surface area contributed by atoms with Crippen LogP contribution in [-0.4, -0.2) is 36.0 Å². The molecule has 1 aliphatic rings. The number of nitrogens with zero attached hydrogens (tertiary/aromatic N) is 1. The molecule has 1 unspecified atom stereocenters. The third-order valence-corrected chi connectivity index (χ3v) is 4.75. The number of rotatable bonds is 3. The molecule has 0 spiro atoms. The van der Waals surface area contributed by atoms with Crippen LogP contribution < -0.4 is 5.73 Å². The molecule has 0 radical (unpaired) electrons. The molecular weight excluding hydrogens is 240 g/mol. The fourth-order valence-electron chi connectivity index (χ4n) is 2.75. The minimum atomic E-state index is 0.393. The Kier molecular flexibility index (Phi) is 5.10. The zero-order valence-electron chi connectivity index (χ0n) is 11.5. The Hall–Kier alpha value is -0.510. The van der Waals surface area contributed by atoms with E-state index in [1.54, 1.807) is 0 Å². The number of aryl methyl sites for hydroxylation is 2. The molecule has 0 saturated carbocycles. The Balaban J connectivity index is 2.20. The zero-order valence-corrected chi connectivity index (χ0v) is 12.3. The highest BCUT2D eigenvalue weighted by Crippen LogP contribution is 2.26. The van der Waals surface area contributed by atoms with E-state index in [1.165, 1.54) is 47.7 Å². The predicted molar refractivity (Wildman–Crippen MR) is 81.2 cm³/mol. The Labute approximate surface area is 115 Å². The van der Waals surface area contributed by atoms with Gasteiger partial charge >= 0.3 is 0 Å². The van der Waals surface area contributed by atoms with E-state index in [9.17, 15) is 0 Å². The maximum Gasteiger partial charge on any atom is 0.0473 e. The van der Waals surface area contributed by atoms with Gasteiger partial charge in [-0.3, -0.25) is 4.90 Å². The summed E-state index contributed by atoms with van der Waals surface area (Å²) < 4.78 is 0. The van der Waals surface area contributed by atoms with Crippen molar-refractivity contribution in [1.82, 2.24) is 4.90 Å². The van der Waals surface area contributed by atoms with E-state index in [2.05, 4.69) is 48.7 Å². The molecule has 1 atom stereocenters. The van der Waals surface area contributed by atoms with Crippen LogP contribution in [0.3, 0.4) is 0 Å². The van der Waals surface area contributed by atoms with Crippen molar-refractivity contribution < 1.29 is 0 Å². The molecule has 1 aromatic carbocycles. The van der Waals surface area contributed by atoms with E-state index in [0.29, 0.717) is 12.6 Å². The first-order valence-electron chi connectivity index (χ1n) is 6.81. The van der Waals surface area contributed by atoms with Crippen molar-refractivity contribution >= 4 is 11.8 Å². The highest BCUT2D eigenvalue weighted by molar-refractivity contribution is 7.99. The molecule has 0 amide bonds. The molecule has 0 aliphatic carbocycles. The van der Waals surface area contributed by atoms with Crippen LogP contribution in [0.4, 0.5) is 0 Å². The standard InChI is InChI=1S/C15H24N2S/c1-12-4-5-14(13(2)10-12)15(11-16)17-6-3-8-18-9-7-17/h4-5,10,15H,3,6-9,11,16H2,1-2H3. The van der Waals surface area contributed by atoms with Gasteiger partial charge in [-0.1, -0.05) is 23.8 Å². The van der Waals surface area contributed by atoms with E-state index in [4.69, 9.17) is 5.73 Å². The topological polar surface area (TPSA) is 29.3 Å². The summed E-state index contributed by atoms with van der Waals surface area (Å²) in [6, 6.07) is 7.13. The SMILES string of the molecule is Cc1ccc(C(CN)N2CCCSCC2)c(C)c1. The van der Waals surface area contributed by atoms with Gasteiger partial charge in [0.15, 0.2) is 0 Å². The summed E-state index contributed by atoms with van der Waals surface area (Å²) in [5, 5.41) is 0. The Morgan fingerprint density at radius 2 is 2.11 bits per heavy atom. The minimum absolute atomic E-state index is 0.393. The van der Waals surface area contributed by atoms with E-state index in [-0.39, 0.29) is 0 Å². The summed E-state index contributed by atoms with van der Waals surface area (Å²) >= 11 is 2.07. The predicted octanol–water partition coefficient (Wildman–Crippen LogP) is 2.74. The first-order chi connectivity index (χ1) is 8.72. The summed E-state index contributed by atoms with van der Waals surface area (Å²) in [5.41, 5.74) is 10.2. The maximum atomic E-state index is 6.05. The van der Waals surface area contributed by atoms with Crippen LogP contribution >= 0.6 is 11.8 Å². The second-order valence-electron chi connectivity index (χ2n) is 5.11. The summed E-state index contributed by atoms with van der Waals surface area (Å²) in [5.74, 6) is 2.53. The van der Waals surface area contributed by atoms with Gasteiger partial charge in [-0.15, -0.1) is 0 Å². The first-order valence-corrected chi connectivity index (χ1v) is 7.97. The van der Waals surface area contributed by atoms with E-state index in [1.807, 2.05) is 0 Å². The number of hydrogen-bond acceptors (Lipinski definition) is 3. The molecule has 0 aromatic heterocycles. The molecule has 1 fully saturated rings. The quantitative estimate of drug-likeness (QED) is 0.910. The van der Waals surface area contributed by atoms with Crippen molar-refractivity contribution in [3.8, 4) is 0 Å². The average Bonchev–Trinajstić information content (AvgIpc) is 2.62. The monoisotopic (exact) mass is 264 g/mol. The molecule has 100 valence electrons. The molecule has 1 heterocycles. The van der Waals surface area contributed by atoms with Crippen LogP contribution in [0, 0.1) is 13.8 Å². The molecule has 1 aromatic rings. The summed E-state index contributed by atoms with van der Waals surface area (Å²) in [6.07, 6.45) is 1.28. The van der Waals surface area contributed by atoms with Gasteiger partial charge in [-0.2, -0.15) is 11.8 Å². The van der Waals surface area contributed by atoms with Crippen LogP contribution in [-0.2, 0) is 0 Å². The number of hydrogen-bond donors (Lipinski definition) is 1. The third kappa shape index (κ3) is 3.28. The molecule has 18 heavy (non-hydrogen) atoms. The van der Waals surface area contributed by atoms with Crippen LogP contribution in [0.1, 0.15) is 29.2 Å². The van der Waals surface area contributed by atoms with E-state index >= 15 is 0 Å². The van der Waals surface area contributed by atoms with Gasteiger partial charge in [0.1, 0.15) is 0 Å². The van der Waals surface area contributed by atoms with Crippen LogP contribution in [0.25, 0.3) is 0 Å². The lowest BCUT2D eigenvalue weighted by Crippen LogP contribution is -2.35. The second-order valence-corrected chi connectivity index (χ2v) is 6.34. The fraction of sp³-hybridized carbons (Fsp3) is 0.600. The molecule has 3 heteroatoms. The number of thioether (sulfide) groups is 1. The Bertz CT molecular complexity index is 384. The van der Waals surface area contributed by atoms with Gasteiger partial charge in [0.05, 0.1) is 0 Å². The van der Waals surface area contributed by atoms with Crippen LogP contribution in [0.5, 0.6) is 0 Å². The zero-order chi connectivity index (χ0) is 13.0. The fourth-order valence-corrected chi connectivity index (χ4v) is 3.65. The van der Waals surface area contributed by atoms with Gasteiger partial charge in [0.2, 0.25) is 0 Å². The first kappa shape index (κ1) is 13.9. The average molecular weight is 264 g/mol. The molecule has 2 rings (SSSR count). The summed E-state index contributed by atoms with van der Waals surface area (Å²) in [6.45, 7) is 7.42. The van der Waals surface area contributed by atoms with Gasteiger partial charge in [-0.25, -0.2) is 0 Å². The highest BCUT2D eigenvalue weighted by atomic mass is 32.2. The smallest absolute Gasteiger partial charge is 0.0473 e. The van der Waals surface area contributed by atoms with Crippen molar-refractivity contribution in [2.24, 2.45) is 5.73 Å². The molecule has 1 aliphatic heterocycles. The lowest BCUT2D eigenvalue weighted by Gasteiger charge is -2.31. The lowest BCUT2D eigenvalue weighted by atomic mass is 9.98. The summed E-state index contributed by atoms with van der Waals surface area (Å²) in [7, 11) is 0. The van der Waals surface area contributed by atoms with Crippen molar-refractivity contribution in [3.63, 3.8) is 0 Å². The van der Waals surface area contributed by atoms with E-state index < -0.39 is 0 Å². The van der Waals surface area contributed by atoms with Gasteiger partial charge in [0.25, 0.3) is 0 Å². The molecule has 1 saturated heterocycles. The second kappa shape index (κ2) is 6.60. The normalized spacial score (nSPS) is 19.5. The third-order valence-electron chi connectivity index (χ3n) is 3.71. The van der Waals surface area contributed by atoms with Gasteiger partial charge < -0.3 is 5.73 Å². The number of benzene rings is 1. The molecule has 0 bridgehead atoms. The maximum absolute atomic E-state index is 6.05. The number of nitrogens with two attached hydrogens (primary N) is 1. The molecular formula is C15H24N2S. The van der Waals surface area contributed by atoms with Crippen LogP contribution in [0.2, 0.25) is 0 Å². The highest BCUT2D eigenvalue weighted by Gasteiger charge is 2.21. The Morgan fingerprint density at radius 3 is 2.83 bits per heavy atom. The lowest BCUT2D eigenvalue weighted by molar-refractivity contribution is 0.217. The van der Waals surface area contributed by atoms with Crippen molar-refractivity contribution in [2.75, 3.05) is 31.1 Å². The largest absolute Gasteiger partial charge is 0.329 e. The van der Waals surface area contributed by atoms with Crippen molar-refractivity contribution in [3.05, 3.63) is 34.9 Å². The minimum Gasteiger partial charge on any atom is -0.329 e. The van der Waals surface area contributed by atoms with Crippen molar-refractivity contribution in [1.29, 1.82) is 0 Å². The van der Waals surface area contributed by atoms with Gasteiger partial charge in [-0.05, 0) is 43.7 Å². The molecule has 2 N–H and O–H groups in total. The Morgan fingerprint density at radius 1 is 1.28 bits per heavy atom. The van der Waals surface area contributed by atoms with E-state index in [0.717, 1.165) is 0 Å².